The average molecular weight is 512 g/mol. The molecule has 1 fully saturated rings. The van der Waals surface area contributed by atoms with E-state index in [1.165, 1.54) is 4.90 Å². The molecule has 11 heteroatoms. The zero-order valence-electron chi connectivity index (χ0n) is 20.2. The lowest BCUT2D eigenvalue weighted by molar-refractivity contribution is -0.127. The number of ether oxygens (including phenoxy) is 1. The van der Waals surface area contributed by atoms with Crippen LogP contribution < -0.4 is 21.5 Å². The maximum absolute atomic E-state index is 13.9. The van der Waals surface area contributed by atoms with Crippen LogP contribution in [0.4, 0.5) is 5.69 Å². The average Bonchev–Trinajstić information content (AvgIpc) is 3.60. The molecule has 3 aromatic rings. The van der Waals surface area contributed by atoms with E-state index >= 15 is 0 Å². The van der Waals surface area contributed by atoms with E-state index in [1.807, 2.05) is 12.1 Å². The van der Waals surface area contributed by atoms with Crippen LogP contribution in [0, 0.1) is 6.92 Å². The summed E-state index contributed by atoms with van der Waals surface area (Å²) in [7, 11) is 1.57. The van der Waals surface area contributed by atoms with E-state index in [-0.39, 0.29) is 34.8 Å². The number of nitrogens with zero attached hydrogens (tertiary/aromatic N) is 2. The zero-order valence-corrected chi connectivity index (χ0v) is 21.0. The van der Waals surface area contributed by atoms with Gasteiger partial charge in [-0.3, -0.25) is 14.4 Å². The molecule has 1 aliphatic rings. The number of benzene rings is 1. The highest BCUT2D eigenvalue weighted by Gasteiger charge is 2.37. The second-order valence-corrected chi connectivity index (χ2v) is 9.53. The minimum atomic E-state index is -1.08. The fraction of sp³-hybridized carbons (Fsp3) is 0.360. The van der Waals surface area contributed by atoms with Crippen molar-refractivity contribution in [2.45, 2.75) is 51.2 Å². The number of rotatable bonds is 9. The molecule has 1 aromatic carbocycles. The predicted molar refractivity (Wildman–Crippen MR) is 134 cm³/mol. The minimum absolute atomic E-state index is 0.0271. The van der Waals surface area contributed by atoms with E-state index in [1.54, 1.807) is 38.3 Å². The van der Waals surface area contributed by atoms with Gasteiger partial charge in [-0.05, 0) is 61.1 Å². The third-order valence-electron chi connectivity index (χ3n) is 6.22. The van der Waals surface area contributed by atoms with Gasteiger partial charge in [0, 0.05) is 12.6 Å². The van der Waals surface area contributed by atoms with Gasteiger partial charge in [-0.15, -0.1) is 0 Å². The summed E-state index contributed by atoms with van der Waals surface area (Å²) in [6, 6.07) is 9.55. The Labute approximate surface area is 212 Å². The molecule has 190 valence electrons. The summed E-state index contributed by atoms with van der Waals surface area (Å²) in [6.07, 6.45) is 3.84. The van der Waals surface area contributed by atoms with Gasteiger partial charge in [-0.2, -0.15) is 4.37 Å². The summed E-state index contributed by atoms with van der Waals surface area (Å²) in [4.78, 5) is 40.7. The van der Waals surface area contributed by atoms with Gasteiger partial charge >= 0.3 is 0 Å². The lowest BCUT2D eigenvalue weighted by atomic mass is 10.1. The first kappa shape index (κ1) is 25.2. The van der Waals surface area contributed by atoms with Gasteiger partial charge in [0.25, 0.3) is 17.7 Å². The summed E-state index contributed by atoms with van der Waals surface area (Å²) in [5, 5.41) is 3.09. The molecule has 36 heavy (non-hydrogen) atoms. The zero-order chi connectivity index (χ0) is 25.8. The molecule has 2 heterocycles. The molecule has 0 radical (unpaired) electrons. The van der Waals surface area contributed by atoms with Gasteiger partial charge < -0.3 is 30.8 Å². The molecule has 0 bridgehead atoms. The number of methoxy groups -OCH3 is 1. The number of furan rings is 1. The summed E-state index contributed by atoms with van der Waals surface area (Å²) in [5.74, 6) is -0.157. The monoisotopic (exact) mass is 511 g/mol. The number of nitrogens with two attached hydrogens (primary N) is 2. The quantitative estimate of drug-likeness (QED) is 0.399. The summed E-state index contributed by atoms with van der Waals surface area (Å²) >= 11 is 0.771. The third-order valence-corrected chi connectivity index (χ3v) is 7.07. The van der Waals surface area contributed by atoms with Crippen LogP contribution >= 0.6 is 11.5 Å². The number of hydrogen-bond donors (Lipinski definition) is 3. The molecule has 0 unspecified atom stereocenters. The first-order chi connectivity index (χ1) is 17.3. The lowest BCUT2D eigenvalue weighted by Crippen LogP contribution is -2.45. The summed E-state index contributed by atoms with van der Waals surface area (Å²) in [5.41, 5.74) is 11.9. The number of aromatic nitrogens is 1. The van der Waals surface area contributed by atoms with E-state index in [2.05, 4.69) is 9.69 Å². The molecule has 1 aliphatic carbocycles. The van der Waals surface area contributed by atoms with E-state index in [4.69, 9.17) is 20.6 Å². The Hall–Kier alpha value is -3.86. The molecule has 2 aromatic heterocycles. The smallest absolute Gasteiger partial charge is 0.270 e. The number of primary amides is 1. The van der Waals surface area contributed by atoms with Gasteiger partial charge in [0.2, 0.25) is 0 Å². The van der Waals surface area contributed by atoms with E-state index in [0.29, 0.717) is 17.3 Å². The van der Waals surface area contributed by atoms with Crippen molar-refractivity contribution in [2.75, 3.05) is 12.8 Å². The van der Waals surface area contributed by atoms with Gasteiger partial charge in [-0.1, -0.05) is 25.0 Å². The second-order valence-electron chi connectivity index (χ2n) is 8.76. The number of aryl methyl sites for hydroxylation is 1. The molecule has 3 amide bonds. The van der Waals surface area contributed by atoms with Crippen LogP contribution in [0.25, 0.3) is 0 Å². The van der Waals surface area contributed by atoms with Crippen LogP contribution in [0.3, 0.4) is 0 Å². The lowest BCUT2D eigenvalue weighted by Gasteiger charge is -2.30. The highest BCUT2D eigenvalue weighted by Crippen LogP contribution is 2.32. The highest BCUT2D eigenvalue weighted by atomic mass is 32.1. The van der Waals surface area contributed by atoms with Crippen molar-refractivity contribution < 1.29 is 23.5 Å². The topological polar surface area (TPSA) is 154 Å². The van der Waals surface area contributed by atoms with Crippen molar-refractivity contribution in [1.82, 2.24) is 14.6 Å². The maximum atomic E-state index is 13.9. The number of nitrogens with one attached hydrogen (secondary N) is 1. The summed E-state index contributed by atoms with van der Waals surface area (Å²) < 4.78 is 15.1. The number of amides is 3. The SMILES string of the molecule is COc1ccc(CN(C(=O)c2snc(C(N)=O)c2N)[C@H](C(=O)NC2CCCC2)c2ccc(C)o2)cc1. The molecule has 1 atom stereocenters. The van der Waals surface area contributed by atoms with Gasteiger partial charge in [0.05, 0.1) is 12.8 Å². The Bertz CT molecular complexity index is 1250. The van der Waals surface area contributed by atoms with E-state index < -0.39 is 17.9 Å². The van der Waals surface area contributed by atoms with E-state index in [9.17, 15) is 14.4 Å². The van der Waals surface area contributed by atoms with Gasteiger partial charge in [-0.25, -0.2) is 0 Å². The normalized spacial score (nSPS) is 14.4. The molecule has 0 saturated heterocycles. The Morgan fingerprint density at radius 3 is 2.44 bits per heavy atom. The van der Waals surface area contributed by atoms with E-state index in [0.717, 1.165) is 42.8 Å². The van der Waals surface area contributed by atoms with Crippen LogP contribution in [0.15, 0.2) is 40.8 Å². The number of anilines is 1. The Balaban J connectivity index is 1.76. The first-order valence-electron chi connectivity index (χ1n) is 11.6. The Kier molecular flexibility index (Phi) is 7.58. The van der Waals surface area contributed by atoms with Crippen LogP contribution in [0.1, 0.15) is 69.0 Å². The molecule has 4 rings (SSSR count). The van der Waals surface area contributed by atoms with Crippen molar-refractivity contribution in [2.24, 2.45) is 5.73 Å². The predicted octanol–water partition coefficient (Wildman–Crippen LogP) is 3.18. The molecular weight excluding hydrogens is 482 g/mol. The number of hydrogen-bond acceptors (Lipinski definition) is 8. The highest BCUT2D eigenvalue weighted by molar-refractivity contribution is 7.09. The van der Waals surface area contributed by atoms with Crippen LogP contribution in [0.2, 0.25) is 0 Å². The fourth-order valence-corrected chi connectivity index (χ4v) is 5.10. The number of nitrogen functional groups attached to an aromatic ring is 1. The summed E-state index contributed by atoms with van der Waals surface area (Å²) in [6.45, 7) is 1.83. The Morgan fingerprint density at radius 1 is 1.19 bits per heavy atom. The Morgan fingerprint density at radius 2 is 1.89 bits per heavy atom. The number of carbonyl (C=O) groups is 3. The maximum Gasteiger partial charge on any atom is 0.270 e. The standard InChI is InChI=1S/C25H29N5O5S/c1-14-7-12-18(35-14)21(24(32)28-16-5-3-4-6-16)30(13-15-8-10-17(34-2)11-9-15)25(33)22-19(26)20(23(27)31)29-36-22/h7-12,16,21H,3-6,13,26H2,1-2H3,(H2,27,31)(H,28,32)/t21-/m0/s1. The molecule has 1 saturated carbocycles. The van der Waals surface area contributed by atoms with Crippen molar-refractivity contribution >= 4 is 34.9 Å². The van der Waals surface area contributed by atoms with Crippen LogP contribution in [0.5, 0.6) is 5.75 Å². The first-order valence-corrected chi connectivity index (χ1v) is 12.4. The molecule has 5 N–H and O–H groups in total. The van der Waals surface area contributed by atoms with Crippen molar-refractivity contribution in [3.63, 3.8) is 0 Å². The van der Waals surface area contributed by atoms with Crippen molar-refractivity contribution in [3.05, 3.63) is 64.1 Å². The third kappa shape index (κ3) is 5.35. The van der Waals surface area contributed by atoms with Crippen molar-refractivity contribution in [3.8, 4) is 5.75 Å². The number of carbonyl (C=O) groups excluding carboxylic acids is 3. The van der Waals surface area contributed by atoms with Gasteiger partial charge in [0.15, 0.2) is 11.7 Å². The molecular formula is C25H29N5O5S. The van der Waals surface area contributed by atoms with Crippen LogP contribution in [-0.2, 0) is 11.3 Å². The molecule has 0 spiro atoms. The van der Waals surface area contributed by atoms with Crippen LogP contribution in [-0.4, -0.2) is 40.1 Å². The van der Waals surface area contributed by atoms with Gasteiger partial charge in [0.1, 0.15) is 22.1 Å². The second kappa shape index (κ2) is 10.8. The van der Waals surface area contributed by atoms with Crippen molar-refractivity contribution in [1.29, 1.82) is 0 Å². The molecule has 0 aliphatic heterocycles. The largest absolute Gasteiger partial charge is 0.497 e. The minimum Gasteiger partial charge on any atom is -0.497 e. The fourth-order valence-electron chi connectivity index (χ4n) is 4.34. The molecule has 10 nitrogen and oxygen atoms in total.